The van der Waals surface area contributed by atoms with E-state index in [9.17, 15) is 19.8 Å². The monoisotopic (exact) mass is 806 g/mol. The third-order valence-electron chi connectivity index (χ3n) is 11.8. The molecule has 2 atom stereocenters. The number of nitrogens with one attached hydrogen (secondary N) is 1. The highest BCUT2D eigenvalue weighted by Crippen LogP contribution is 2.16. The van der Waals surface area contributed by atoms with Gasteiger partial charge in [-0.3, -0.25) is 9.59 Å². The number of unbranched alkanes of at least 4 members (excludes halogenated alkanes) is 34. The minimum absolute atomic E-state index is 0.0107. The molecule has 0 aromatic heterocycles. The Bertz CT molecular complexity index is 847. The molecule has 0 aliphatic carbocycles. The lowest BCUT2D eigenvalue weighted by Crippen LogP contribution is -2.45. The minimum Gasteiger partial charge on any atom is -0.466 e. The van der Waals surface area contributed by atoms with E-state index in [1.807, 2.05) is 0 Å². The summed E-state index contributed by atoms with van der Waals surface area (Å²) >= 11 is 0. The Hall–Kier alpha value is -1.40. The summed E-state index contributed by atoms with van der Waals surface area (Å²) in [6.45, 7) is 4.91. The molecule has 0 aromatic carbocycles. The van der Waals surface area contributed by atoms with Crippen LogP contribution >= 0.6 is 0 Å². The molecule has 57 heavy (non-hydrogen) atoms. The van der Waals surface area contributed by atoms with E-state index < -0.39 is 12.1 Å². The summed E-state index contributed by atoms with van der Waals surface area (Å²) in [5.41, 5.74) is 0. The molecule has 2 unspecified atom stereocenters. The number of esters is 1. The van der Waals surface area contributed by atoms with Crippen LogP contribution in [0.1, 0.15) is 277 Å². The third-order valence-corrected chi connectivity index (χ3v) is 11.8. The average molecular weight is 806 g/mol. The van der Waals surface area contributed by atoms with Crippen molar-refractivity contribution in [1.29, 1.82) is 0 Å². The predicted octanol–water partition coefficient (Wildman–Crippen LogP) is 15.0. The van der Waals surface area contributed by atoms with E-state index in [1.54, 1.807) is 0 Å². The summed E-state index contributed by atoms with van der Waals surface area (Å²) in [6, 6.07) is -0.547. The van der Waals surface area contributed by atoms with E-state index in [0.29, 0.717) is 25.9 Å². The molecule has 0 aliphatic rings. The van der Waals surface area contributed by atoms with Gasteiger partial charge in [0, 0.05) is 12.8 Å². The quantitative estimate of drug-likeness (QED) is 0.0323. The first-order valence-corrected chi connectivity index (χ1v) is 25.4. The highest BCUT2D eigenvalue weighted by molar-refractivity contribution is 5.76. The molecule has 6 nitrogen and oxygen atoms in total. The summed E-state index contributed by atoms with van der Waals surface area (Å²) in [6.07, 6.45) is 53.2. The van der Waals surface area contributed by atoms with Crippen molar-refractivity contribution in [2.75, 3.05) is 13.2 Å². The van der Waals surface area contributed by atoms with Crippen molar-refractivity contribution < 1.29 is 24.5 Å². The fourth-order valence-electron chi connectivity index (χ4n) is 7.87. The number of aliphatic hydroxyl groups is 2. The Morgan fingerprint density at radius 3 is 1.25 bits per heavy atom. The first-order valence-electron chi connectivity index (χ1n) is 25.4. The standard InChI is InChI=1S/C51H99NO5/c1-3-5-7-9-11-13-15-17-21-25-29-33-37-41-45-51(56)57-46-42-38-34-30-26-22-19-18-20-24-28-32-36-40-44-50(55)52-48(47-53)49(54)43-39-35-31-27-23-16-14-12-10-8-6-4-2/h15,17,48-49,53-54H,3-14,16,18-47H2,1-2H3,(H,52,55)/b17-15-. The van der Waals surface area contributed by atoms with Crippen molar-refractivity contribution >= 4 is 11.9 Å². The molecule has 0 radical (unpaired) electrons. The predicted molar refractivity (Wildman–Crippen MR) is 246 cm³/mol. The minimum atomic E-state index is -0.669. The second-order valence-corrected chi connectivity index (χ2v) is 17.5. The van der Waals surface area contributed by atoms with Crippen LogP contribution in [0, 0.1) is 0 Å². The van der Waals surface area contributed by atoms with Gasteiger partial charge in [-0.15, -0.1) is 0 Å². The van der Waals surface area contributed by atoms with Crippen molar-refractivity contribution in [2.45, 2.75) is 289 Å². The SMILES string of the molecule is CCCCCCC/C=C\CCCCCCCC(=O)OCCCCCCCCCCCCCCCCC(=O)NC(CO)C(O)CCCCCCCCCCCCCC. The van der Waals surface area contributed by atoms with Crippen LogP contribution in [0.3, 0.4) is 0 Å². The lowest BCUT2D eigenvalue weighted by Gasteiger charge is -2.22. The van der Waals surface area contributed by atoms with Gasteiger partial charge in [0.1, 0.15) is 0 Å². The van der Waals surface area contributed by atoms with Crippen LogP contribution in [-0.2, 0) is 14.3 Å². The fraction of sp³-hybridized carbons (Fsp3) is 0.922. The van der Waals surface area contributed by atoms with Crippen molar-refractivity contribution in [3.05, 3.63) is 12.2 Å². The highest BCUT2D eigenvalue weighted by atomic mass is 16.5. The largest absolute Gasteiger partial charge is 0.466 e. The number of carbonyl (C=O) groups is 2. The summed E-state index contributed by atoms with van der Waals surface area (Å²) < 4.78 is 5.46. The highest BCUT2D eigenvalue weighted by Gasteiger charge is 2.20. The van der Waals surface area contributed by atoms with Crippen LogP contribution < -0.4 is 5.32 Å². The second kappa shape index (κ2) is 47.3. The molecule has 0 saturated carbocycles. The summed E-state index contributed by atoms with van der Waals surface area (Å²) in [7, 11) is 0. The maximum absolute atomic E-state index is 12.4. The zero-order chi connectivity index (χ0) is 41.5. The van der Waals surface area contributed by atoms with Gasteiger partial charge in [0.05, 0.1) is 25.4 Å². The van der Waals surface area contributed by atoms with Crippen LogP contribution in [0.25, 0.3) is 0 Å². The number of hydrogen-bond donors (Lipinski definition) is 3. The van der Waals surface area contributed by atoms with Gasteiger partial charge in [-0.1, -0.05) is 225 Å². The molecule has 0 saturated heterocycles. The van der Waals surface area contributed by atoms with Crippen LogP contribution in [0.2, 0.25) is 0 Å². The van der Waals surface area contributed by atoms with E-state index in [0.717, 1.165) is 51.4 Å². The van der Waals surface area contributed by atoms with Gasteiger partial charge < -0.3 is 20.3 Å². The van der Waals surface area contributed by atoms with Gasteiger partial charge in [0.2, 0.25) is 5.91 Å². The van der Waals surface area contributed by atoms with Gasteiger partial charge >= 0.3 is 5.97 Å². The van der Waals surface area contributed by atoms with Gasteiger partial charge in [0.15, 0.2) is 0 Å². The molecule has 3 N–H and O–H groups in total. The topological polar surface area (TPSA) is 95.9 Å². The molecule has 0 aromatic rings. The maximum atomic E-state index is 12.4. The molecule has 6 heteroatoms. The van der Waals surface area contributed by atoms with E-state index in [-0.39, 0.29) is 18.5 Å². The molecule has 0 spiro atoms. The Morgan fingerprint density at radius 1 is 0.474 bits per heavy atom. The maximum Gasteiger partial charge on any atom is 0.305 e. The van der Waals surface area contributed by atoms with E-state index >= 15 is 0 Å². The van der Waals surface area contributed by atoms with E-state index in [4.69, 9.17) is 4.74 Å². The van der Waals surface area contributed by atoms with E-state index in [1.165, 1.54) is 193 Å². The third kappa shape index (κ3) is 44.0. The summed E-state index contributed by atoms with van der Waals surface area (Å²) in [5.74, 6) is -0.0566. The Morgan fingerprint density at radius 2 is 0.825 bits per heavy atom. The van der Waals surface area contributed by atoms with Crippen LogP contribution in [0.5, 0.6) is 0 Å². The van der Waals surface area contributed by atoms with Crippen LogP contribution in [-0.4, -0.2) is 47.4 Å². The van der Waals surface area contributed by atoms with Crippen molar-refractivity contribution in [3.8, 4) is 0 Å². The molecular formula is C51H99NO5. The number of hydrogen-bond acceptors (Lipinski definition) is 5. The molecular weight excluding hydrogens is 707 g/mol. The molecule has 0 heterocycles. The molecule has 338 valence electrons. The number of ether oxygens (including phenoxy) is 1. The van der Waals surface area contributed by atoms with Crippen molar-refractivity contribution in [1.82, 2.24) is 5.32 Å². The zero-order valence-electron chi connectivity index (χ0n) is 38.3. The number of aliphatic hydroxyl groups excluding tert-OH is 2. The zero-order valence-corrected chi connectivity index (χ0v) is 38.3. The Labute approximate surface area is 355 Å². The smallest absolute Gasteiger partial charge is 0.305 e. The van der Waals surface area contributed by atoms with Crippen LogP contribution in [0.4, 0.5) is 0 Å². The summed E-state index contributed by atoms with van der Waals surface area (Å²) in [4.78, 5) is 24.4. The number of carbonyl (C=O) groups excluding carboxylic acids is 2. The first-order chi connectivity index (χ1) is 28.0. The van der Waals surface area contributed by atoms with Gasteiger partial charge in [-0.25, -0.2) is 0 Å². The second-order valence-electron chi connectivity index (χ2n) is 17.5. The van der Waals surface area contributed by atoms with Gasteiger partial charge in [0.25, 0.3) is 0 Å². The van der Waals surface area contributed by atoms with Gasteiger partial charge in [-0.05, 0) is 51.4 Å². The van der Waals surface area contributed by atoms with Crippen LogP contribution in [0.15, 0.2) is 12.2 Å². The van der Waals surface area contributed by atoms with E-state index in [2.05, 4.69) is 31.3 Å². The summed E-state index contributed by atoms with van der Waals surface area (Å²) in [5, 5.41) is 23.2. The lowest BCUT2D eigenvalue weighted by molar-refractivity contribution is -0.143. The number of allylic oxidation sites excluding steroid dienone is 2. The molecule has 0 bridgehead atoms. The number of amides is 1. The van der Waals surface area contributed by atoms with Crippen molar-refractivity contribution in [2.24, 2.45) is 0 Å². The average Bonchev–Trinajstić information content (AvgIpc) is 3.21. The number of rotatable bonds is 47. The van der Waals surface area contributed by atoms with Gasteiger partial charge in [-0.2, -0.15) is 0 Å². The molecule has 0 fully saturated rings. The first kappa shape index (κ1) is 55.6. The Balaban J connectivity index is 3.43. The fourth-order valence-corrected chi connectivity index (χ4v) is 7.87. The lowest BCUT2D eigenvalue weighted by atomic mass is 10.0. The normalized spacial score (nSPS) is 12.7. The van der Waals surface area contributed by atoms with Crippen molar-refractivity contribution in [3.63, 3.8) is 0 Å². The molecule has 1 amide bonds. The molecule has 0 rings (SSSR count). The molecule has 0 aliphatic heterocycles. The Kier molecular flexibility index (Phi) is 46.1.